The zero-order chi connectivity index (χ0) is 19.2. The van der Waals surface area contributed by atoms with Gasteiger partial charge in [0.25, 0.3) is 5.22 Å². The van der Waals surface area contributed by atoms with E-state index < -0.39 is 0 Å². The molecule has 0 aliphatic heterocycles. The number of hydrogen-bond acceptors (Lipinski definition) is 7. The third-order valence-electron chi connectivity index (χ3n) is 3.47. The fourth-order valence-corrected chi connectivity index (χ4v) is 3.21. The van der Waals surface area contributed by atoms with Crippen molar-refractivity contribution >= 4 is 39.3 Å². The van der Waals surface area contributed by atoms with Crippen LogP contribution in [0.4, 0.5) is 5.69 Å². The molecule has 0 saturated carbocycles. The summed E-state index contributed by atoms with van der Waals surface area (Å²) in [4.78, 5) is 12.2. The molecule has 0 radical (unpaired) electrons. The third-order valence-corrected chi connectivity index (χ3v) is 4.78. The van der Waals surface area contributed by atoms with E-state index in [0.717, 1.165) is 10.0 Å². The van der Waals surface area contributed by atoms with Gasteiger partial charge in [0.05, 0.1) is 20.0 Å². The van der Waals surface area contributed by atoms with Gasteiger partial charge in [-0.3, -0.25) is 4.79 Å². The highest BCUT2D eigenvalue weighted by Gasteiger charge is 2.12. The number of methoxy groups -OCH3 is 2. The number of hydrogen-bond donors (Lipinski definition) is 1. The van der Waals surface area contributed by atoms with Crippen LogP contribution in [0.25, 0.3) is 11.5 Å². The molecule has 3 rings (SSSR count). The van der Waals surface area contributed by atoms with Gasteiger partial charge in [-0.15, -0.1) is 10.2 Å². The standard InChI is InChI=1S/C18H16BrN3O4S/c1-24-14-7-6-13(9-15(14)25-2)20-16(23)10-27-18-22-21-17(26-18)11-4-3-5-12(19)8-11/h3-9H,10H2,1-2H3,(H,20,23). The van der Waals surface area contributed by atoms with Crippen LogP contribution in [0, 0.1) is 0 Å². The summed E-state index contributed by atoms with van der Waals surface area (Å²) in [6, 6.07) is 12.7. The highest BCUT2D eigenvalue weighted by atomic mass is 79.9. The normalized spacial score (nSPS) is 10.5. The Labute approximate surface area is 168 Å². The van der Waals surface area contributed by atoms with Crippen molar-refractivity contribution in [1.82, 2.24) is 10.2 Å². The molecule has 9 heteroatoms. The van der Waals surface area contributed by atoms with Crippen molar-refractivity contribution in [2.75, 3.05) is 25.3 Å². The Hall–Kier alpha value is -2.52. The number of anilines is 1. The van der Waals surface area contributed by atoms with E-state index in [2.05, 4.69) is 31.4 Å². The summed E-state index contributed by atoms with van der Waals surface area (Å²) in [5.74, 6) is 1.47. The zero-order valence-corrected chi connectivity index (χ0v) is 17.0. The van der Waals surface area contributed by atoms with Crippen molar-refractivity contribution in [3.8, 4) is 23.0 Å². The average molecular weight is 450 g/mol. The Balaban J connectivity index is 1.58. The molecule has 0 saturated heterocycles. The van der Waals surface area contributed by atoms with Crippen LogP contribution in [0.5, 0.6) is 11.5 Å². The largest absolute Gasteiger partial charge is 0.493 e. The lowest BCUT2D eigenvalue weighted by Gasteiger charge is -2.10. The molecular formula is C18H16BrN3O4S. The lowest BCUT2D eigenvalue weighted by molar-refractivity contribution is -0.113. The summed E-state index contributed by atoms with van der Waals surface area (Å²) in [5, 5.41) is 11.1. The molecule has 27 heavy (non-hydrogen) atoms. The minimum absolute atomic E-state index is 0.133. The highest BCUT2D eigenvalue weighted by molar-refractivity contribution is 9.10. The lowest BCUT2D eigenvalue weighted by atomic mass is 10.2. The number of rotatable bonds is 7. The van der Waals surface area contributed by atoms with Crippen molar-refractivity contribution in [3.63, 3.8) is 0 Å². The number of halogens is 1. The van der Waals surface area contributed by atoms with Crippen LogP contribution in [-0.2, 0) is 4.79 Å². The van der Waals surface area contributed by atoms with Crippen LogP contribution >= 0.6 is 27.7 Å². The SMILES string of the molecule is COc1ccc(NC(=O)CSc2nnc(-c3cccc(Br)c3)o2)cc1OC. The van der Waals surface area contributed by atoms with E-state index in [4.69, 9.17) is 13.9 Å². The quantitative estimate of drug-likeness (QED) is 0.539. The van der Waals surface area contributed by atoms with Gasteiger partial charge >= 0.3 is 0 Å². The molecule has 1 heterocycles. The van der Waals surface area contributed by atoms with Crippen LogP contribution in [0.1, 0.15) is 0 Å². The van der Waals surface area contributed by atoms with E-state index in [1.807, 2.05) is 24.3 Å². The summed E-state index contributed by atoms with van der Waals surface area (Å²) < 4.78 is 16.9. The highest BCUT2D eigenvalue weighted by Crippen LogP contribution is 2.30. The van der Waals surface area contributed by atoms with Gasteiger partial charge in [0.2, 0.25) is 11.8 Å². The molecule has 0 fully saturated rings. The molecule has 2 aromatic carbocycles. The van der Waals surface area contributed by atoms with E-state index in [-0.39, 0.29) is 11.7 Å². The molecule has 0 unspecified atom stereocenters. The van der Waals surface area contributed by atoms with Gasteiger partial charge in [0.15, 0.2) is 11.5 Å². The molecule has 1 N–H and O–H groups in total. The van der Waals surface area contributed by atoms with Crippen LogP contribution in [-0.4, -0.2) is 36.1 Å². The second kappa shape index (κ2) is 8.92. The second-order valence-corrected chi connectivity index (χ2v) is 7.13. The first-order chi connectivity index (χ1) is 13.1. The van der Waals surface area contributed by atoms with Crippen molar-refractivity contribution in [2.24, 2.45) is 0 Å². The smallest absolute Gasteiger partial charge is 0.277 e. The molecule has 1 amide bonds. The van der Waals surface area contributed by atoms with Crippen molar-refractivity contribution < 1.29 is 18.7 Å². The van der Waals surface area contributed by atoms with E-state index in [1.165, 1.54) is 18.9 Å². The number of thioether (sulfide) groups is 1. The molecule has 1 aromatic heterocycles. The number of nitrogens with one attached hydrogen (secondary N) is 1. The number of ether oxygens (including phenoxy) is 2. The Morgan fingerprint density at radius 1 is 1.15 bits per heavy atom. The Morgan fingerprint density at radius 3 is 2.70 bits per heavy atom. The van der Waals surface area contributed by atoms with Gasteiger partial charge in [0, 0.05) is 21.8 Å². The molecule has 0 aliphatic rings. The van der Waals surface area contributed by atoms with E-state index in [0.29, 0.717) is 28.3 Å². The molecule has 0 aliphatic carbocycles. The Morgan fingerprint density at radius 2 is 1.96 bits per heavy atom. The summed E-state index contributed by atoms with van der Waals surface area (Å²) in [7, 11) is 3.09. The van der Waals surface area contributed by atoms with Gasteiger partial charge in [-0.05, 0) is 30.3 Å². The summed E-state index contributed by atoms with van der Waals surface area (Å²) >= 11 is 4.57. The minimum Gasteiger partial charge on any atom is -0.493 e. The molecular weight excluding hydrogens is 434 g/mol. The number of nitrogens with zero attached hydrogens (tertiary/aromatic N) is 2. The maximum Gasteiger partial charge on any atom is 0.277 e. The van der Waals surface area contributed by atoms with Gasteiger partial charge in [-0.2, -0.15) is 0 Å². The van der Waals surface area contributed by atoms with E-state index in [9.17, 15) is 4.79 Å². The molecule has 0 spiro atoms. The summed E-state index contributed by atoms with van der Waals surface area (Å²) in [5.41, 5.74) is 1.41. The lowest BCUT2D eigenvalue weighted by Crippen LogP contribution is -2.14. The van der Waals surface area contributed by atoms with Gasteiger partial charge in [-0.25, -0.2) is 0 Å². The number of carbonyl (C=O) groups is 1. The maximum absolute atomic E-state index is 12.2. The monoisotopic (exact) mass is 449 g/mol. The summed E-state index contributed by atoms with van der Waals surface area (Å²) in [6.45, 7) is 0. The second-order valence-electron chi connectivity index (χ2n) is 5.29. The molecule has 0 bridgehead atoms. The predicted octanol–water partition coefficient (Wildman–Crippen LogP) is 4.25. The van der Waals surface area contributed by atoms with Crippen LogP contribution in [0.15, 0.2) is 56.6 Å². The first-order valence-electron chi connectivity index (χ1n) is 7.83. The molecule has 3 aromatic rings. The van der Waals surface area contributed by atoms with Crippen LogP contribution in [0.2, 0.25) is 0 Å². The topological polar surface area (TPSA) is 86.5 Å². The maximum atomic E-state index is 12.2. The van der Waals surface area contributed by atoms with Crippen molar-refractivity contribution in [2.45, 2.75) is 5.22 Å². The zero-order valence-electron chi connectivity index (χ0n) is 14.6. The van der Waals surface area contributed by atoms with Gasteiger partial charge in [0.1, 0.15) is 0 Å². The van der Waals surface area contributed by atoms with E-state index in [1.54, 1.807) is 25.3 Å². The first-order valence-corrected chi connectivity index (χ1v) is 9.61. The summed E-state index contributed by atoms with van der Waals surface area (Å²) in [6.07, 6.45) is 0. The fraction of sp³-hybridized carbons (Fsp3) is 0.167. The fourth-order valence-electron chi connectivity index (χ4n) is 2.24. The predicted molar refractivity (Wildman–Crippen MR) is 106 cm³/mol. The Bertz CT molecular complexity index is 948. The first kappa shape index (κ1) is 19.2. The molecule has 0 atom stereocenters. The van der Waals surface area contributed by atoms with Crippen molar-refractivity contribution in [3.05, 3.63) is 46.9 Å². The minimum atomic E-state index is -0.200. The van der Waals surface area contributed by atoms with Gasteiger partial charge < -0.3 is 19.2 Å². The third kappa shape index (κ3) is 5.01. The number of benzene rings is 2. The molecule has 140 valence electrons. The number of carbonyl (C=O) groups excluding carboxylic acids is 1. The van der Waals surface area contributed by atoms with Crippen molar-refractivity contribution in [1.29, 1.82) is 0 Å². The number of aromatic nitrogens is 2. The van der Waals surface area contributed by atoms with Crippen LogP contribution in [0.3, 0.4) is 0 Å². The average Bonchev–Trinajstić information content (AvgIpc) is 3.15. The number of amides is 1. The Kier molecular flexibility index (Phi) is 6.36. The van der Waals surface area contributed by atoms with E-state index >= 15 is 0 Å². The van der Waals surface area contributed by atoms with Crippen LogP contribution < -0.4 is 14.8 Å². The van der Waals surface area contributed by atoms with Gasteiger partial charge in [-0.1, -0.05) is 33.8 Å². The molecule has 7 nitrogen and oxygen atoms in total.